The number of nitrogens with zero attached hydrogens (tertiary/aromatic N) is 3. The third kappa shape index (κ3) is 3.28. The van der Waals surface area contributed by atoms with Gasteiger partial charge in [-0.2, -0.15) is 0 Å². The fourth-order valence-corrected chi connectivity index (χ4v) is 3.51. The number of benzene rings is 2. The Kier molecular flexibility index (Phi) is 4.58. The van der Waals surface area contributed by atoms with E-state index in [1.54, 1.807) is 41.2 Å². The highest BCUT2D eigenvalue weighted by molar-refractivity contribution is 7.98. The second-order valence-electron chi connectivity index (χ2n) is 5.84. The van der Waals surface area contributed by atoms with Crippen LogP contribution in [-0.4, -0.2) is 14.8 Å². The van der Waals surface area contributed by atoms with E-state index >= 15 is 0 Å². The highest BCUT2D eigenvalue weighted by Crippen LogP contribution is 2.30. The Morgan fingerprint density at radius 1 is 1.00 bits per heavy atom. The lowest BCUT2D eigenvalue weighted by Gasteiger charge is -2.10. The monoisotopic (exact) mass is 365 g/mol. The number of aryl methyl sites for hydroxylation is 1. The van der Waals surface area contributed by atoms with Crippen molar-refractivity contribution in [2.24, 2.45) is 0 Å². The maximum Gasteiger partial charge on any atom is 0.205 e. The molecule has 0 saturated carbocycles. The predicted molar refractivity (Wildman–Crippen MR) is 99.8 cm³/mol. The Morgan fingerprint density at radius 2 is 1.81 bits per heavy atom. The average molecular weight is 365 g/mol. The lowest BCUT2D eigenvalue weighted by molar-refractivity contribution is 0.572. The maximum absolute atomic E-state index is 14.4. The molecule has 0 aliphatic rings. The second-order valence-corrected chi connectivity index (χ2v) is 6.79. The molecule has 0 radical (unpaired) electrons. The van der Waals surface area contributed by atoms with Crippen LogP contribution in [0, 0.1) is 12.7 Å². The maximum atomic E-state index is 14.4. The zero-order valence-corrected chi connectivity index (χ0v) is 14.9. The van der Waals surface area contributed by atoms with Gasteiger partial charge in [-0.25, -0.2) is 4.39 Å². The lowest BCUT2D eigenvalue weighted by Crippen LogP contribution is -2.02. The van der Waals surface area contributed by atoms with E-state index in [2.05, 4.69) is 41.4 Å². The first-order valence-corrected chi connectivity index (χ1v) is 9.13. The molecule has 4 aromatic rings. The Labute approximate surface area is 154 Å². The van der Waals surface area contributed by atoms with Crippen LogP contribution in [0.3, 0.4) is 0 Å². The molecule has 2 heterocycles. The molecule has 0 N–H and O–H groups in total. The minimum Gasteiger partial charge on any atom is -0.461 e. The van der Waals surface area contributed by atoms with Gasteiger partial charge in [0.1, 0.15) is 5.82 Å². The smallest absolute Gasteiger partial charge is 0.205 e. The van der Waals surface area contributed by atoms with Crippen LogP contribution in [0.2, 0.25) is 0 Å². The fraction of sp³-hybridized carbons (Fsp3) is 0.100. The number of halogens is 1. The SMILES string of the molecule is Cc1ccc(CSc2nnc(-c3ccco3)n2-c2ccccc2F)cc1. The topological polar surface area (TPSA) is 43.9 Å². The molecule has 0 fully saturated rings. The molecule has 0 aliphatic heterocycles. The highest BCUT2D eigenvalue weighted by atomic mass is 32.2. The van der Waals surface area contributed by atoms with Crippen molar-refractivity contribution in [1.29, 1.82) is 0 Å². The van der Waals surface area contributed by atoms with Crippen LogP contribution in [-0.2, 0) is 5.75 Å². The van der Waals surface area contributed by atoms with Gasteiger partial charge in [0, 0.05) is 5.75 Å². The van der Waals surface area contributed by atoms with Crippen molar-refractivity contribution in [2.45, 2.75) is 17.8 Å². The van der Waals surface area contributed by atoms with E-state index in [0.717, 1.165) is 0 Å². The molecule has 2 aromatic heterocycles. The summed E-state index contributed by atoms with van der Waals surface area (Å²) in [5, 5.41) is 9.12. The number of aromatic nitrogens is 3. The summed E-state index contributed by atoms with van der Waals surface area (Å²) < 4.78 is 21.6. The third-order valence-electron chi connectivity index (χ3n) is 3.96. The van der Waals surface area contributed by atoms with E-state index < -0.39 is 0 Å². The van der Waals surface area contributed by atoms with E-state index in [4.69, 9.17) is 4.42 Å². The van der Waals surface area contributed by atoms with Crippen LogP contribution < -0.4 is 0 Å². The van der Waals surface area contributed by atoms with Gasteiger partial charge in [0.2, 0.25) is 5.82 Å². The zero-order chi connectivity index (χ0) is 17.9. The van der Waals surface area contributed by atoms with Gasteiger partial charge in [-0.15, -0.1) is 10.2 Å². The molecular weight excluding hydrogens is 349 g/mol. The largest absolute Gasteiger partial charge is 0.461 e. The molecule has 0 bridgehead atoms. The van der Waals surface area contributed by atoms with E-state index in [1.807, 2.05) is 0 Å². The van der Waals surface area contributed by atoms with E-state index in [9.17, 15) is 4.39 Å². The van der Waals surface area contributed by atoms with E-state index in [0.29, 0.717) is 28.2 Å². The Hall–Kier alpha value is -2.86. The third-order valence-corrected chi connectivity index (χ3v) is 4.96. The van der Waals surface area contributed by atoms with Crippen molar-refractivity contribution < 1.29 is 8.81 Å². The predicted octanol–water partition coefficient (Wildman–Crippen LogP) is 5.27. The van der Waals surface area contributed by atoms with Gasteiger partial charge >= 0.3 is 0 Å². The first-order valence-electron chi connectivity index (χ1n) is 8.15. The number of hydrogen-bond donors (Lipinski definition) is 0. The molecular formula is C20H16FN3OS. The second kappa shape index (κ2) is 7.17. The van der Waals surface area contributed by atoms with Gasteiger partial charge in [0.25, 0.3) is 0 Å². The quantitative estimate of drug-likeness (QED) is 0.452. The summed E-state index contributed by atoms with van der Waals surface area (Å²) in [6.07, 6.45) is 1.56. The summed E-state index contributed by atoms with van der Waals surface area (Å²) >= 11 is 1.51. The van der Waals surface area contributed by atoms with Gasteiger partial charge in [-0.1, -0.05) is 53.7 Å². The Balaban J connectivity index is 1.73. The molecule has 0 aliphatic carbocycles. The van der Waals surface area contributed by atoms with Crippen LogP contribution in [0.4, 0.5) is 4.39 Å². The Morgan fingerprint density at radius 3 is 2.54 bits per heavy atom. The fourth-order valence-electron chi connectivity index (χ4n) is 2.61. The van der Waals surface area contributed by atoms with Crippen LogP contribution in [0.15, 0.2) is 76.5 Å². The molecule has 4 nitrogen and oxygen atoms in total. The van der Waals surface area contributed by atoms with Gasteiger partial charge in [-0.3, -0.25) is 4.57 Å². The molecule has 0 atom stereocenters. The van der Waals surface area contributed by atoms with E-state index in [1.165, 1.54) is 29.0 Å². The first-order chi connectivity index (χ1) is 12.7. The first kappa shape index (κ1) is 16.6. The minimum absolute atomic E-state index is 0.336. The minimum atomic E-state index is -0.336. The van der Waals surface area contributed by atoms with Crippen molar-refractivity contribution in [3.8, 4) is 17.3 Å². The summed E-state index contributed by atoms with van der Waals surface area (Å²) in [7, 11) is 0. The van der Waals surface area contributed by atoms with Crippen molar-refractivity contribution >= 4 is 11.8 Å². The summed E-state index contributed by atoms with van der Waals surface area (Å²) in [6, 6.07) is 18.5. The average Bonchev–Trinajstić information content (AvgIpc) is 3.31. The molecule has 0 spiro atoms. The molecule has 26 heavy (non-hydrogen) atoms. The molecule has 6 heteroatoms. The molecule has 0 amide bonds. The highest BCUT2D eigenvalue weighted by Gasteiger charge is 2.20. The number of hydrogen-bond acceptors (Lipinski definition) is 4. The number of rotatable bonds is 5. The van der Waals surface area contributed by atoms with Crippen molar-refractivity contribution in [3.05, 3.63) is 83.9 Å². The summed E-state index contributed by atoms with van der Waals surface area (Å²) in [4.78, 5) is 0. The number of thioether (sulfide) groups is 1. The summed E-state index contributed by atoms with van der Waals surface area (Å²) in [5.41, 5.74) is 2.78. The van der Waals surface area contributed by atoms with Crippen molar-refractivity contribution in [1.82, 2.24) is 14.8 Å². The molecule has 130 valence electrons. The van der Waals surface area contributed by atoms with E-state index in [-0.39, 0.29) is 5.82 Å². The van der Waals surface area contributed by atoms with Crippen LogP contribution >= 0.6 is 11.8 Å². The molecule has 4 rings (SSSR count). The summed E-state index contributed by atoms with van der Waals surface area (Å²) in [5.74, 6) is 1.40. The standard InChI is InChI=1S/C20H16FN3OS/c1-14-8-10-15(11-9-14)13-26-20-23-22-19(18-7-4-12-25-18)24(20)17-6-3-2-5-16(17)21/h2-12H,13H2,1H3. The zero-order valence-electron chi connectivity index (χ0n) is 14.1. The van der Waals surface area contributed by atoms with Crippen molar-refractivity contribution in [2.75, 3.05) is 0 Å². The molecule has 0 saturated heterocycles. The van der Waals surface area contributed by atoms with Crippen molar-refractivity contribution in [3.63, 3.8) is 0 Å². The molecule has 0 unspecified atom stereocenters. The van der Waals surface area contributed by atoms with Gasteiger partial charge < -0.3 is 4.42 Å². The Bertz CT molecular complexity index is 1010. The molecule has 2 aromatic carbocycles. The van der Waals surface area contributed by atoms with Crippen LogP contribution in [0.5, 0.6) is 0 Å². The summed E-state index contributed by atoms with van der Waals surface area (Å²) in [6.45, 7) is 2.06. The van der Waals surface area contributed by atoms with Gasteiger partial charge in [0.05, 0.1) is 12.0 Å². The van der Waals surface area contributed by atoms with Gasteiger partial charge in [-0.05, 0) is 36.8 Å². The van der Waals surface area contributed by atoms with Crippen LogP contribution in [0.25, 0.3) is 17.3 Å². The van der Waals surface area contributed by atoms with Crippen LogP contribution in [0.1, 0.15) is 11.1 Å². The number of furan rings is 1. The normalized spacial score (nSPS) is 11.0. The number of para-hydroxylation sites is 1. The lowest BCUT2D eigenvalue weighted by atomic mass is 10.2. The van der Waals surface area contributed by atoms with Gasteiger partial charge in [0.15, 0.2) is 10.9 Å².